The fraction of sp³-hybridized carbons (Fsp3) is 0.281. The Morgan fingerprint density at radius 3 is 2.51 bits per heavy atom. The van der Waals surface area contributed by atoms with Crippen molar-refractivity contribution in [1.29, 1.82) is 0 Å². The van der Waals surface area contributed by atoms with E-state index in [1.165, 1.54) is 0 Å². The van der Waals surface area contributed by atoms with E-state index in [-0.39, 0.29) is 29.7 Å². The number of nitrogens with zero attached hydrogens (tertiary/aromatic N) is 2. The number of furan rings is 1. The minimum atomic E-state index is -0.492. The Kier molecular flexibility index (Phi) is 5.37. The van der Waals surface area contributed by atoms with Crippen LogP contribution in [0.2, 0.25) is 0 Å². The molecule has 196 valence electrons. The number of hydrogen-bond acceptors (Lipinski definition) is 5. The summed E-state index contributed by atoms with van der Waals surface area (Å²) in [5, 5.41) is 1.74. The Bertz CT molecular complexity index is 1900. The molecule has 5 aromatic rings. The van der Waals surface area contributed by atoms with E-state index in [1.54, 1.807) is 18.2 Å². The van der Waals surface area contributed by atoms with Crippen molar-refractivity contribution in [2.24, 2.45) is 5.92 Å². The van der Waals surface area contributed by atoms with Crippen LogP contribution in [0.3, 0.4) is 0 Å². The van der Waals surface area contributed by atoms with E-state index in [0.717, 1.165) is 45.3 Å². The monoisotopic (exact) mass is 520 g/mol. The molecule has 2 aromatic carbocycles. The first-order valence-corrected chi connectivity index (χ1v) is 13.4. The van der Waals surface area contributed by atoms with Crippen molar-refractivity contribution in [2.75, 3.05) is 13.1 Å². The van der Waals surface area contributed by atoms with E-state index >= 15 is 0 Å². The maximum Gasteiger partial charge on any atom is 0.340 e. The summed E-state index contributed by atoms with van der Waals surface area (Å²) < 4.78 is 13.6. The van der Waals surface area contributed by atoms with Gasteiger partial charge in [-0.1, -0.05) is 36.4 Å². The van der Waals surface area contributed by atoms with Gasteiger partial charge in [-0.05, 0) is 49.4 Å². The summed E-state index contributed by atoms with van der Waals surface area (Å²) in [4.78, 5) is 40.8. The number of likely N-dealkylation sites (tertiary alicyclic amines) is 1. The molecule has 0 saturated carbocycles. The molecule has 1 fully saturated rings. The third kappa shape index (κ3) is 3.83. The molecule has 0 radical (unpaired) electrons. The highest BCUT2D eigenvalue weighted by molar-refractivity contribution is 6.03. The summed E-state index contributed by atoms with van der Waals surface area (Å²) in [5.41, 5.74) is 4.83. The number of carbonyl (C=O) groups is 1. The highest BCUT2D eigenvalue weighted by Crippen LogP contribution is 2.38. The summed E-state index contributed by atoms with van der Waals surface area (Å²) >= 11 is 0. The molecule has 0 spiro atoms. The molecule has 1 saturated heterocycles. The van der Waals surface area contributed by atoms with Gasteiger partial charge < -0.3 is 18.3 Å². The van der Waals surface area contributed by atoms with Crippen LogP contribution in [-0.2, 0) is 17.8 Å². The normalized spacial score (nSPS) is 18.5. The van der Waals surface area contributed by atoms with Gasteiger partial charge in [0.2, 0.25) is 5.91 Å². The molecule has 7 rings (SSSR count). The number of aromatic nitrogens is 1. The second-order valence-electron chi connectivity index (χ2n) is 10.9. The zero-order chi connectivity index (χ0) is 26.8. The number of aryl methyl sites for hydroxylation is 2. The maximum atomic E-state index is 13.5. The summed E-state index contributed by atoms with van der Waals surface area (Å²) in [5.74, 6) is 1.06. The quantitative estimate of drug-likeness (QED) is 0.306. The van der Waals surface area contributed by atoms with Crippen LogP contribution < -0.4 is 11.2 Å². The molecule has 2 bridgehead atoms. The van der Waals surface area contributed by atoms with E-state index in [1.807, 2.05) is 65.8 Å². The van der Waals surface area contributed by atoms with Gasteiger partial charge in [-0.3, -0.25) is 9.59 Å². The molecule has 2 aliphatic rings. The third-order valence-electron chi connectivity index (χ3n) is 8.49. The Balaban J connectivity index is 1.24. The predicted octanol–water partition coefficient (Wildman–Crippen LogP) is 5.17. The van der Waals surface area contributed by atoms with Crippen molar-refractivity contribution < 1.29 is 13.6 Å². The first-order valence-electron chi connectivity index (χ1n) is 13.4. The SMILES string of the molecule is Cc1oc2cc3oc(=O)c(CC(=O)N4C[C@@H]5C[C@@H](C4)c4cccc(=O)n4C5)c(C)c3cc2c1-c1ccccc1. The van der Waals surface area contributed by atoms with Gasteiger partial charge in [0.25, 0.3) is 5.56 Å². The molecule has 0 unspecified atom stereocenters. The van der Waals surface area contributed by atoms with Crippen LogP contribution in [0.15, 0.2) is 79.1 Å². The summed E-state index contributed by atoms with van der Waals surface area (Å²) in [6, 6.07) is 19.2. The van der Waals surface area contributed by atoms with Crippen LogP contribution in [-0.4, -0.2) is 28.5 Å². The Morgan fingerprint density at radius 2 is 1.69 bits per heavy atom. The molecule has 1 amide bonds. The smallest absolute Gasteiger partial charge is 0.340 e. The van der Waals surface area contributed by atoms with Crippen molar-refractivity contribution in [2.45, 2.75) is 39.2 Å². The molecule has 2 aliphatic heterocycles. The lowest BCUT2D eigenvalue weighted by Gasteiger charge is -2.42. The van der Waals surface area contributed by atoms with Gasteiger partial charge in [0, 0.05) is 59.7 Å². The van der Waals surface area contributed by atoms with Gasteiger partial charge in [0.15, 0.2) is 0 Å². The highest BCUT2D eigenvalue weighted by Gasteiger charge is 2.36. The van der Waals surface area contributed by atoms with Gasteiger partial charge in [0.1, 0.15) is 16.9 Å². The van der Waals surface area contributed by atoms with Gasteiger partial charge >= 0.3 is 5.63 Å². The number of rotatable bonds is 3. The first-order chi connectivity index (χ1) is 18.9. The molecule has 7 heteroatoms. The van der Waals surface area contributed by atoms with Gasteiger partial charge in [-0.25, -0.2) is 4.79 Å². The summed E-state index contributed by atoms with van der Waals surface area (Å²) in [6.45, 7) is 5.57. The van der Waals surface area contributed by atoms with Gasteiger partial charge in [-0.15, -0.1) is 0 Å². The van der Waals surface area contributed by atoms with E-state index < -0.39 is 5.63 Å². The fourth-order valence-corrected chi connectivity index (χ4v) is 6.63. The lowest BCUT2D eigenvalue weighted by atomic mass is 9.83. The number of fused-ring (bicyclic) bond motifs is 6. The molecular formula is C32H28N2O5. The lowest BCUT2D eigenvalue weighted by molar-refractivity contribution is -0.133. The molecule has 39 heavy (non-hydrogen) atoms. The van der Waals surface area contributed by atoms with E-state index in [4.69, 9.17) is 8.83 Å². The second kappa shape index (κ2) is 8.83. The maximum absolute atomic E-state index is 13.5. The zero-order valence-electron chi connectivity index (χ0n) is 21.9. The first kappa shape index (κ1) is 23.7. The van der Waals surface area contributed by atoms with E-state index in [9.17, 15) is 14.4 Å². The fourth-order valence-electron chi connectivity index (χ4n) is 6.63. The Hall–Kier alpha value is -4.39. The number of pyridine rings is 1. The average Bonchev–Trinajstić information content (AvgIpc) is 3.25. The van der Waals surface area contributed by atoms with Crippen molar-refractivity contribution in [3.63, 3.8) is 0 Å². The van der Waals surface area contributed by atoms with Crippen molar-refractivity contribution in [1.82, 2.24) is 9.47 Å². The number of benzene rings is 2. The van der Waals surface area contributed by atoms with Crippen LogP contribution in [0.4, 0.5) is 0 Å². The highest BCUT2D eigenvalue weighted by atomic mass is 16.4. The molecule has 7 nitrogen and oxygen atoms in total. The minimum Gasteiger partial charge on any atom is -0.461 e. The Labute approximate surface area is 224 Å². The van der Waals surface area contributed by atoms with Crippen LogP contribution in [0.5, 0.6) is 0 Å². The third-order valence-corrected chi connectivity index (χ3v) is 8.49. The van der Waals surface area contributed by atoms with E-state index in [0.29, 0.717) is 36.4 Å². The Morgan fingerprint density at radius 1 is 0.897 bits per heavy atom. The topological polar surface area (TPSA) is 85.7 Å². The van der Waals surface area contributed by atoms with Crippen molar-refractivity contribution >= 4 is 27.8 Å². The molecule has 0 N–H and O–H groups in total. The van der Waals surface area contributed by atoms with Crippen LogP contribution >= 0.6 is 0 Å². The number of amides is 1. The van der Waals surface area contributed by atoms with Gasteiger partial charge in [0.05, 0.1) is 12.0 Å². The lowest BCUT2D eigenvalue weighted by Crippen LogP contribution is -2.49. The predicted molar refractivity (Wildman–Crippen MR) is 149 cm³/mol. The number of carbonyl (C=O) groups excluding carboxylic acids is 1. The largest absolute Gasteiger partial charge is 0.461 e. The standard InChI is InChI=1S/C32H28N2O5/c1-18-23-12-25-28(38-19(2)31(25)21-7-4-3-5-8-21)14-27(23)39-32(37)24(18)13-30(36)33-15-20-11-22(17-33)26-9-6-10-29(35)34(26)16-20/h3-10,12,14,20,22H,11,13,15-17H2,1-2H3/t20-,22-/m0/s1. The molecule has 0 aliphatic carbocycles. The van der Waals surface area contributed by atoms with Crippen LogP contribution in [0.25, 0.3) is 33.1 Å². The van der Waals surface area contributed by atoms with Gasteiger partial charge in [-0.2, -0.15) is 0 Å². The van der Waals surface area contributed by atoms with Crippen molar-refractivity contribution in [3.8, 4) is 11.1 Å². The molecule has 2 atom stereocenters. The number of piperidine rings is 1. The molecular weight excluding hydrogens is 492 g/mol. The zero-order valence-corrected chi connectivity index (χ0v) is 21.9. The summed E-state index contributed by atoms with van der Waals surface area (Å²) in [7, 11) is 0. The van der Waals surface area contributed by atoms with Crippen molar-refractivity contribution in [3.05, 3.63) is 104 Å². The van der Waals surface area contributed by atoms with Crippen LogP contribution in [0, 0.1) is 19.8 Å². The molecule has 3 aromatic heterocycles. The summed E-state index contributed by atoms with van der Waals surface area (Å²) in [6.07, 6.45) is 0.952. The average molecular weight is 521 g/mol. The van der Waals surface area contributed by atoms with E-state index in [2.05, 4.69) is 0 Å². The second-order valence-corrected chi connectivity index (χ2v) is 10.9. The molecule has 5 heterocycles. The van der Waals surface area contributed by atoms with Crippen LogP contribution in [0.1, 0.15) is 34.9 Å². The minimum absolute atomic E-state index is 0.0147. The number of hydrogen-bond donors (Lipinski definition) is 0.